The van der Waals surface area contributed by atoms with Gasteiger partial charge in [0.2, 0.25) is 0 Å². The van der Waals surface area contributed by atoms with E-state index in [1.54, 1.807) is 11.7 Å². The normalized spacial score (nSPS) is 12.4. The molecule has 1 aromatic heterocycles. The molecule has 0 radical (unpaired) electrons. The van der Waals surface area contributed by atoms with Gasteiger partial charge in [0.25, 0.3) is 0 Å². The summed E-state index contributed by atoms with van der Waals surface area (Å²) in [6.45, 7) is 4.57. The summed E-state index contributed by atoms with van der Waals surface area (Å²) in [4.78, 5) is 12.7. The summed E-state index contributed by atoms with van der Waals surface area (Å²) < 4.78 is 7.07. The van der Waals surface area contributed by atoms with Crippen LogP contribution in [0.3, 0.4) is 0 Å². The van der Waals surface area contributed by atoms with Crippen molar-refractivity contribution in [2.45, 2.75) is 36.5 Å². The zero-order valence-corrected chi connectivity index (χ0v) is 13.5. The molecule has 2 N–H and O–H groups in total. The Labute approximate surface area is 127 Å². The number of aromatic amines is 1. The molecule has 0 aliphatic heterocycles. The number of H-pyrrole nitrogens is 1. The van der Waals surface area contributed by atoms with Gasteiger partial charge in [0, 0.05) is 23.0 Å². The third-order valence-electron chi connectivity index (χ3n) is 3.35. The van der Waals surface area contributed by atoms with Crippen LogP contribution in [0.2, 0.25) is 0 Å². The van der Waals surface area contributed by atoms with Crippen LogP contribution >= 0.6 is 11.8 Å². The van der Waals surface area contributed by atoms with Gasteiger partial charge in [0.05, 0.1) is 7.11 Å². The Morgan fingerprint density at radius 3 is 2.90 bits per heavy atom. The Morgan fingerprint density at radius 1 is 1.52 bits per heavy atom. The molecule has 2 aromatic rings. The third-order valence-corrected chi connectivity index (χ3v) is 4.42. The maximum Gasteiger partial charge on any atom is 0.343 e. The summed E-state index contributed by atoms with van der Waals surface area (Å²) in [5, 5.41) is 10.5. The van der Waals surface area contributed by atoms with Crippen molar-refractivity contribution in [3.05, 3.63) is 34.2 Å². The highest BCUT2D eigenvalue weighted by Gasteiger charge is 2.18. The summed E-state index contributed by atoms with van der Waals surface area (Å²) in [5.41, 5.74) is 0.872. The molecule has 2 rings (SSSR count). The summed E-state index contributed by atoms with van der Waals surface area (Å²) in [7, 11) is 3.56. The van der Waals surface area contributed by atoms with Gasteiger partial charge in [0.15, 0.2) is 5.16 Å². The van der Waals surface area contributed by atoms with Crippen molar-refractivity contribution in [3.8, 4) is 5.75 Å². The van der Waals surface area contributed by atoms with Gasteiger partial charge in [-0.05, 0) is 44.8 Å². The first-order valence-electron chi connectivity index (χ1n) is 6.79. The van der Waals surface area contributed by atoms with E-state index in [9.17, 15) is 4.79 Å². The predicted octanol–water partition coefficient (Wildman–Crippen LogP) is 2.03. The van der Waals surface area contributed by atoms with Crippen molar-refractivity contribution in [3.63, 3.8) is 0 Å². The van der Waals surface area contributed by atoms with E-state index in [1.807, 2.05) is 32.2 Å². The third kappa shape index (κ3) is 3.14. The fraction of sp³-hybridized carbons (Fsp3) is 0.429. The topological polar surface area (TPSA) is 71.9 Å². The monoisotopic (exact) mass is 308 g/mol. The van der Waals surface area contributed by atoms with Gasteiger partial charge in [-0.1, -0.05) is 6.07 Å². The molecule has 21 heavy (non-hydrogen) atoms. The molecule has 0 aliphatic carbocycles. The summed E-state index contributed by atoms with van der Waals surface area (Å²) >= 11 is 1.46. The molecule has 0 aliphatic rings. The van der Waals surface area contributed by atoms with Gasteiger partial charge in [-0.2, -0.15) is 0 Å². The van der Waals surface area contributed by atoms with E-state index in [2.05, 4.69) is 22.4 Å². The second-order valence-corrected chi connectivity index (χ2v) is 5.55. The molecule has 0 saturated carbocycles. The summed E-state index contributed by atoms with van der Waals surface area (Å²) in [5.74, 6) is 0.822. The van der Waals surface area contributed by atoms with Crippen molar-refractivity contribution in [2.24, 2.45) is 0 Å². The van der Waals surface area contributed by atoms with E-state index >= 15 is 0 Å². The lowest BCUT2D eigenvalue weighted by atomic mass is 10.1. The van der Waals surface area contributed by atoms with Crippen molar-refractivity contribution in [1.82, 2.24) is 20.1 Å². The second-order valence-electron chi connectivity index (χ2n) is 4.54. The molecular formula is C14H20N4O2S. The fourth-order valence-electron chi connectivity index (χ4n) is 2.12. The number of hydrogen-bond donors (Lipinski definition) is 2. The highest BCUT2D eigenvalue weighted by molar-refractivity contribution is 7.99. The van der Waals surface area contributed by atoms with Crippen LogP contribution in [-0.4, -0.2) is 28.9 Å². The minimum Gasteiger partial charge on any atom is -0.496 e. The van der Waals surface area contributed by atoms with Gasteiger partial charge < -0.3 is 10.1 Å². The predicted molar refractivity (Wildman–Crippen MR) is 83.1 cm³/mol. The maximum atomic E-state index is 11.7. The Balaban J connectivity index is 2.46. The van der Waals surface area contributed by atoms with Crippen LogP contribution in [0.1, 0.15) is 25.5 Å². The first-order valence-corrected chi connectivity index (χ1v) is 7.61. The van der Waals surface area contributed by atoms with Crippen LogP contribution < -0.4 is 15.7 Å². The number of benzene rings is 1. The first kappa shape index (κ1) is 15.7. The molecule has 0 fully saturated rings. The van der Waals surface area contributed by atoms with E-state index < -0.39 is 0 Å². The molecule has 0 spiro atoms. The minimum absolute atomic E-state index is 0.129. The van der Waals surface area contributed by atoms with Crippen LogP contribution in [0.25, 0.3) is 0 Å². The molecule has 1 unspecified atom stereocenters. The molecule has 0 saturated heterocycles. The quantitative estimate of drug-likeness (QED) is 0.854. The lowest BCUT2D eigenvalue weighted by Gasteiger charge is -2.18. The van der Waals surface area contributed by atoms with Crippen molar-refractivity contribution in [1.29, 1.82) is 0 Å². The highest BCUT2D eigenvalue weighted by Crippen LogP contribution is 2.37. The Kier molecular flexibility index (Phi) is 5.08. The minimum atomic E-state index is -0.189. The van der Waals surface area contributed by atoms with E-state index in [0.717, 1.165) is 16.2 Å². The summed E-state index contributed by atoms with van der Waals surface area (Å²) in [6.07, 6.45) is 0. The number of ether oxygens (including phenoxy) is 1. The average molecular weight is 308 g/mol. The molecular weight excluding hydrogens is 288 g/mol. The maximum absolute atomic E-state index is 11.7. The smallest absolute Gasteiger partial charge is 0.343 e. The molecule has 7 heteroatoms. The van der Waals surface area contributed by atoms with Gasteiger partial charge >= 0.3 is 5.69 Å². The highest BCUT2D eigenvalue weighted by atomic mass is 32.2. The lowest BCUT2D eigenvalue weighted by Crippen LogP contribution is -2.16. The van der Waals surface area contributed by atoms with Crippen LogP contribution in [0.4, 0.5) is 0 Å². The zero-order valence-electron chi connectivity index (χ0n) is 12.6. The Morgan fingerprint density at radius 2 is 2.29 bits per heavy atom. The van der Waals surface area contributed by atoms with Crippen LogP contribution in [0, 0.1) is 0 Å². The molecule has 0 amide bonds. The van der Waals surface area contributed by atoms with E-state index in [-0.39, 0.29) is 11.7 Å². The molecule has 1 heterocycles. The van der Waals surface area contributed by atoms with E-state index in [4.69, 9.17) is 4.74 Å². The number of methoxy groups -OCH3 is 1. The lowest BCUT2D eigenvalue weighted by molar-refractivity contribution is 0.401. The first-order chi connectivity index (χ1) is 10.1. The van der Waals surface area contributed by atoms with E-state index in [1.165, 1.54) is 11.8 Å². The largest absolute Gasteiger partial charge is 0.496 e. The van der Waals surface area contributed by atoms with Gasteiger partial charge in [-0.15, -0.1) is 5.10 Å². The Hall–Kier alpha value is -1.73. The number of nitrogens with zero attached hydrogens (tertiary/aromatic N) is 2. The number of aromatic nitrogens is 3. The SMILES string of the molecule is CCn1c(Sc2cccc(OC)c2C(C)NC)n[nH]c1=O. The zero-order chi connectivity index (χ0) is 15.4. The standard InChI is InChI=1S/C14H20N4O2S/c1-5-18-13(19)16-17-14(18)21-11-8-6-7-10(20-4)12(11)9(2)15-3/h6-9,15H,5H2,1-4H3,(H,16,19). The van der Waals surface area contributed by atoms with Gasteiger partial charge in [0.1, 0.15) is 5.75 Å². The van der Waals surface area contributed by atoms with Gasteiger partial charge in [-0.3, -0.25) is 4.57 Å². The summed E-state index contributed by atoms with van der Waals surface area (Å²) in [6, 6.07) is 6.01. The molecule has 114 valence electrons. The van der Waals surface area contributed by atoms with Crippen LogP contribution in [0.5, 0.6) is 5.75 Å². The molecule has 0 bridgehead atoms. The number of nitrogens with one attached hydrogen (secondary N) is 2. The average Bonchev–Trinajstić information content (AvgIpc) is 2.86. The Bertz CT molecular complexity index is 665. The van der Waals surface area contributed by atoms with Crippen molar-refractivity contribution < 1.29 is 4.74 Å². The number of rotatable bonds is 6. The van der Waals surface area contributed by atoms with Crippen LogP contribution in [0.15, 0.2) is 33.0 Å². The molecule has 6 nitrogen and oxygen atoms in total. The second kappa shape index (κ2) is 6.82. The molecule has 1 atom stereocenters. The van der Waals surface area contributed by atoms with Gasteiger partial charge in [-0.25, -0.2) is 9.89 Å². The molecule has 1 aromatic carbocycles. The van der Waals surface area contributed by atoms with Crippen molar-refractivity contribution >= 4 is 11.8 Å². The number of hydrogen-bond acceptors (Lipinski definition) is 5. The fourth-order valence-corrected chi connectivity index (χ4v) is 3.26. The van der Waals surface area contributed by atoms with E-state index in [0.29, 0.717) is 11.7 Å². The van der Waals surface area contributed by atoms with Crippen LogP contribution in [-0.2, 0) is 6.54 Å². The van der Waals surface area contributed by atoms with Crippen molar-refractivity contribution in [2.75, 3.05) is 14.2 Å².